The van der Waals surface area contributed by atoms with Gasteiger partial charge < -0.3 is 44.4 Å². The van der Waals surface area contributed by atoms with Crippen molar-refractivity contribution < 1.29 is 43.0 Å². The molecule has 4 aliphatic rings. The third-order valence-corrected chi connectivity index (χ3v) is 14.8. The third kappa shape index (κ3) is 10.7. The molecule has 0 radical (unpaired) electrons. The zero-order valence-corrected chi connectivity index (χ0v) is 43.4. The second-order valence-corrected chi connectivity index (χ2v) is 20.3. The summed E-state index contributed by atoms with van der Waals surface area (Å²) in [6.07, 6.45) is 3.70. The predicted molar refractivity (Wildman–Crippen MR) is 286 cm³/mol. The molecule has 0 aromatic heterocycles. The molecule has 74 heavy (non-hydrogen) atoms. The van der Waals surface area contributed by atoms with Crippen LogP contribution in [0.2, 0.25) is 0 Å². The second-order valence-electron chi connectivity index (χ2n) is 20.3. The summed E-state index contributed by atoms with van der Waals surface area (Å²) in [4.78, 5) is 87.9. The van der Waals surface area contributed by atoms with Crippen LogP contribution in [-0.2, 0) is 45.2 Å². The molecule has 0 saturated carbocycles. The van der Waals surface area contributed by atoms with E-state index in [0.29, 0.717) is 78.4 Å². The number of Topliss-reactive ketones (excluding diaryl/α,β-unsaturated/α-hetero) is 2. The van der Waals surface area contributed by atoms with Crippen LogP contribution in [0, 0.1) is 12.8 Å². The van der Waals surface area contributed by atoms with Gasteiger partial charge >= 0.3 is 0 Å². The summed E-state index contributed by atoms with van der Waals surface area (Å²) in [7, 11) is 5.52. The van der Waals surface area contributed by atoms with E-state index in [0.717, 1.165) is 52.3 Å². The van der Waals surface area contributed by atoms with Gasteiger partial charge in [-0.15, -0.1) is 0 Å². The molecular weight excluding hydrogens is 937 g/mol. The highest BCUT2D eigenvalue weighted by atomic mass is 16.5. The average molecular weight is 1000 g/mol. The highest BCUT2D eigenvalue weighted by Gasteiger charge is 2.41. The molecule has 15 nitrogen and oxygen atoms in total. The molecule has 0 aliphatic carbocycles. The number of hydrogen-bond donors (Lipinski definition) is 2. The highest BCUT2D eigenvalue weighted by Crippen LogP contribution is 2.43. The summed E-state index contributed by atoms with van der Waals surface area (Å²) in [5, 5.41) is 5.76. The first kappa shape index (κ1) is 51.2. The molecule has 0 saturated heterocycles. The van der Waals surface area contributed by atoms with Crippen molar-refractivity contribution in [3.8, 4) is 17.2 Å². The maximum atomic E-state index is 14.3. The van der Waals surface area contributed by atoms with Crippen LogP contribution < -0.4 is 44.4 Å². The van der Waals surface area contributed by atoms with Crippen molar-refractivity contribution >= 4 is 63.6 Å². The Morgan fingerprint density at radius 2 is 1.22 bits per heavy atom. The average Bonchev–Trinajstić information content (AvgIpc) is 3.90. The van der Waals surface area contributed by atoms with Gasteiger partial charge in [-0.1, -0.05) is 50.2 Å². The number of para-hydroxylation sites is 2. The fourth-order valence-electron chi connectivity index (χ4n) is 10.8. The van der Waals surface area contributed by atoms with E-state index in [1.54, 1.807) is 27.0 Å². The number of rotatable bonds is 19. The number of unbranched alkanes of at least 4 members (excludes halogenated alkanes) is 1. The van der Waals surface area contributed by atoms with Gasteiger partial charge in [0, 0.05) is 88.0 Å². The molecule has 0 bridgehead atoms. The molecule has 4 aliphatic heterocycles. The van der Waals surface area contributed by atoms with Gasteiger partial charge in [-0.25, -0.2) is 0 Å². The fraction of sp³-hybridized carbons (Fsp3) is 0.390. The van der Waals surface area contributed by atoms with E-state index < -0.39 is 12.0 Å². The quantitative estimate of drug-likeness (QED) is 0.0760. The molecule has 4 amide bonds. The van der Waals surface area contributed by atoms with Crippen LogP contribution in [0.4, 0.5) is 28.4 Å². The number of ketones is 2. The first-order valence-corrected chi connectivity index (χ1v) is 25.8. The number of anilines is 5. The molecular formula is C59H66N6O9. The summed E-state index contributed by atoms with van der Waals surface area (Å²) in [5.74, 6) is -0.228. The number of aryl methyl sites for hydroxylation is 1. The minimum absolute atomic E-state index is 0.000477. The Labute approximate surface area is 433 Å². The van der Waals surface area contributed by atoms with Crippen LogP contribution in [-0.4, -0.2) is 87.6 Å². The summed E-state index contributed by atoms with van der Waals surface area (Å²) in [6.45, 7) is 8.45. The molecule has 386 valence electrons. The van der Waals surface area contributed by atoms with E-state index in [-0.39, 0.29) is 73.3 Å². The monoisotopic (exact) mass is 1000 g/mol. The SMILES string of the molecule is CCC(=O)CCCCC(=O)N[C@@H](C)C(=O)C[C@@H](C)C(=O)Nc1cc(COc2cc3c(cc2C)C(=O)N2c4ccccc4C[C@H]2CN3C)cc(COc2cc3c(cc2OC)C(=O)N2c4ccccc4C[C@H]2CN3C)c1. The number of ether oxygens (including phenoxy) is 3. The van der Waals surface area contributed by atoms with Gasteiger partial charge in [0.1, 0.15) is 24.7 Å². The van der Waals surface area contributed by atoms with Gasteiger partial charge in [0.15, 0.2) is 17.3 Å². The lowest BCUT2D eigenvalue weighted by atomic mass is 9.99. The van der Waals surface area contributed by atoms with Crippen molar-refractivity contribution in [3.05, 3.63) is 130 Å². The fourth-order valence-corrected chi connectivity index (χ4v) is 10.8. The van der Waals surface area contributed by atoms with Crippen molar-refractivity contribution in [1.29, 1.82) is 0 Å². The van der Waals surface area contributed by atoms with E-state index in [1.807, 2.05) is 111 Å². The van der Waals surface area contributed by atoms with Crippen LogP contribution in [0.15, 0.2) is 91.0 Å². The summed E-state index contributed by atoms with van der Waals surface area (Å²) < 4.78 is 19.0. The molecule has 5 aromatic rings. The third-order valence-electron chi connectivity index (χ3n) is 14.8. The number of hydrogen-bond acceptors (Lipinski definition) is 11. The first-order chi connectivity index (χ1) is 35.6. The number of nitrogens with zero attached hydrogens (tertiary/aromatic N) is 4. The highest BCUT2D eigenvalue weighted by molar-refractivity contribution is 6.13. The Bertz CT molecular complexity index is 3030. The van der Waals surface area contributed by atoms with E-state index in [9.17, 15) is 28.8 Å². The molecule has 0 unspecified atom stereocenters. The number of benzene rings is 5. The van der Waals surface area contributed by atoms with Crippen LogP contribution in [0.1, 0.15) is 108 Å². The van der Waals surface area contributed by atoms with Crippen LogP contribution in [0.5, 0.6) is 17.2 Å². The second kappa shape index (κ2) is 21.8. The van der Waals surface area contributed by atoms with Crippen molar-refractivity contribution in [2.75, 3.05) is 59.2 Å². The Morgan fingerprint density at radius 3 is 1.80 bits per heavy atom. The van der Waals surface area contributed by atoms with Crippen molar-refractivity contribution in [2.45, 2.75) is 110 Å². The number of nitrogens with one attached hydrogen (secondary N) is 2. The largest absolute Gasteiger partial charge is 0.493 e. The van der Waals surface area contributed by atoms with Crippen LogP contribution in [0.3, 0.4) is 0 Å². The van der Waals surface area contributed by atoms with Crippen molar-refractivity contribution in [2.24, 2.45) is 5.92 Å². The smallest absolute Gasteiger partial charge is 0.260 e. The minimum atomic E-state index is -0.792. The number of carbonyl (C=O) groups is 6. The topological polar surface area (TPSA) is 167 Å². The van der Waals surface area contributed by atoms with Gasteiger partial charge in [-0.3, -0.25) is 28.8 Å². The summed E-state index contributed by atoms with van der Waals surface area (Å²) in [5.41, 5.74) is 9.47. The summed E-state index contributed by atoms with van der Waals surface area (Å²) >= 11 is 0. The number of amides is 4. The molecule has 9 rings (SSSR count). The number of carbonyl (C=O) groups excluding carboxylic acids is 6. The summed E-state index contributed by atoms with van der Waals surface area (Å²) in [6, 6.07) is 28.3. The molecule has 4 heterocycles. The van der Waals surface area contributed by atoms with Crippen molar-refractivity contribution in [1.82, 2.24) is 5.32 Å². The zero-order valence-electron chi connectivity index (χ0n) is 43.4. The normalized spacial score (nSPS) is 17.1. The van der Waals surface area contributed by atoms with Crippen LogP contribution in [0.25, 0.3) is 0 Å². The number of fused-ring (bicyclic) bond motifs is 8. The predicted octanol–water partition coefficient (Wildman–Crippen LogP) is 8.78. The Balaban J connectivity index is 0.937. The lowest BCUT2D eigenvalue weighted by Gasteiger charge is -2.25. The molecule has 2 N–H and O–H groups in total. The van der Waals surface area contributed by atoms with E-state index in [1.165, 1.54) is 5.56 Å². The van der Waals surface area contributed by atoms with Gasteiger partial charge in [0.25, 0.3) is 11.8 Å². The van der Waals surface area contributed by atoms with E-state index in [2.05, 4.69) is 32.6 Å². The molecule has 4 atom stereocenters. The maximum Gasteiger partial charge on any atom is 0.260 e. The van der Waals surface area contributed by atoms with Gasteiger partial charge in [-0.2, -0.15) is 0 Å². The Morgan fingerprint density at radius 1 is 0.676 bits per heavy atom. The molecule has 0 spiro atoms. The lowest BCUT2D eigenvalue weighted by molar-refractivity contribution is -0.129. The first-order valence-electron chi connectivity index (χ1n) is 25.8. The Kier molecular flexibility index (Phi) is 15.1. The number of likely N-dealkylation sites (N-methyl/N-ethyl adjacent to an activating group) is 2. The molecule has 0 fully saturated rings. The Hall–Kier alpha value is -7.68. The molecule has 5 aromatic carbocycles. The lowest BCUT2D eigenvalue weighted by Crippen LogP contribution is -2.41. The zero-order chi connectivity index (χ0) is 52.4. The van der Waals surface area contributed by atoms with Gasteiger partial charge in [0.05, 0.1) is 47.7 Å². The van der Waals surface area contributed by atoms with Gasteiger partial charge in [-0.05, 0) is 110 Å². The van der Waals surface area contributed by atoms with E-state index >= 15 is 0 Å². The molecule has 15 heteroatoms. The van der Waals surface area contributed by atoms with Crippen LogP contribution >= 0.6 is 0 Å². The van der Waals surface area contributed by atoms with E-state index in [4.69, 9.17) is 14.2 Å². The maximum absolute atomic E-state index is 14.3. The standard InChI is InChI=1S/C59H66N6O9/c1-8-45(66)17-11-14-20-56(68)60-37(4)52(67)22-36(3)57(69)61-42-24-38(33-73-53-29-50-46(21-35(53)2)58(70)64-43(31-62(50)5)26-40-15-9-12-18-48(40)64)23-39(25-42)34-74-55-30-51-47(28-54(55)72-7)59(71)65-44(32-63(51)6)27-41-16-10-13-19-49(41)65/h9-10,12-13,15-16,18-19,21,23-25,28-30,36-37,43-44H,8,11,14,17,20,22,26-27,31-34H2,1-7H3,(H,60,68)(H,61,69)/t36-,37+,43+,44+/m1/s1. The number of methoxy groups -OCH3 is 1. The van der Waals surface area contributed by atoms with Gasteiger partial charge in [0.2, 0.25) is 11.8 Å². The van der Waals surface area contributed by atoms with Crippen molar-refractivity contribution in [3.63, 3.8) is 0 Å². The minimum Gasteiger partial charge on any atom is -0.493 e.